The van der Waals surface area contributed by atoms with Crippen molar-refractivity contribution in [1.29, 1.82) is 0 Å². The standard InChI is InChI=1S/C30H30N2/c1-29(2,3)22-13-15-23(16-14-22)31-19-32-27-18-21-10-7-6-9-20(21)17-25(27)30(4,5)24-11-8-12-26(31)28(24)32/h6-18H,19H2,1-5H3. The second-order valence-electron chi connectivity index (χ2n) is 10.8. The molecule has 0 unspecified atom stereocenters. The molecule has 0 amide bonds. The first-order valence-electron chi connectivity index (χ1n) is 11.6. The first-order chi connectivity index (χ1) is 15.2. The summed E-state index contributed by atoms with van der Waals surface area (Å²) in [6.45, 7) is 12.4. The Balaban J connectivity index is 1.53. The van der Waals surface area contributed by atoms with Crippen LogP contribution < -0.4 is 9.80 Å². The predicted molar refractivity (Wildman–Crippen MR) is 137 cm³/mol. The van der Waals surface area contributed by atoms with Crippen LogP contribution in [-0.4, -0.2) is 6.67 Å². The van der Waals surface area contributed by atoms with E-state index in [0.717, 1.165) is 6.67 Å². The van der Waals surface area contributed by atoms with E-state index in [4.69, 9.17) is 0 Å². The summed E-state index contributed by atoms with van der Waals surface area (Å²) in [4.78, 5) is 4.99. The minimum absolute atomic E-state index is 0.0483. The smallest absolute Gasteiger partial charge is 0.100 e. The largest absolute Gasteiger partial charge is 0.321 e. The lowest BCUT2D eigenvalue weighted by Gasteiger charge is -2.39. The predicted octanol–water partition coefficient (Wildman–Crippen LogP) is 8.02. The van der Waals surface area contributed by atoms with Crippen molar-refractivity contribution >= 4 is 33.5 Å². The molecule has 2 heteroatoms. The Hall–Kier alpha value is -3.26. The summed E-state index contributed by atoms with van der Waals surface area (Å²) in [5, 5.41) is 2.61. The molecule has 2 heterocycles. The summed E-state index contributed by atoms with van der Waals surface area (Å²) >= 11 is 0. The molecule has 2 aliphatic rings. The van der Waals surface area contributed by atoms with Gasteiger partial charge in [0.15, 0.2) is 0 Å². The number of hydrogen-bond acceptors (Lipinski definition) is 2. The van der Waals surface area contributed by atoms with E-state index in [1.165, 1.54) is 50.2 Å². The van der Waals surface area contributed by atoms with E-state index in [1.807, 2.05) is 0 Å². The van der Waals surface area contributed by atoms with Crippen LogP contribution in [0, 0.1) is 0 Å². The minimum Gasteiger partial charge on any atom is -0.321 e. The summed E-state index contributed by atoms with van der Waals surface area (Å²) in [6.07, 6.45) is 0. The monoisotopic (exact) mass is 418 g/mol. The third-order valence-corrected chi connectivity index (χ3v) is 7.40. The van der Waals surface area contributed by atoms with Crippen molar-refractivity contribution < 1.29 is 0 Å². The van der Waals surface area contributed by atoms with Crippen molar-refractivity contribution in [1.82, 2.24) is 0 Å². The first kappa shape index (κ1) is 19.4. The van der Waals surface area contributed by atoms with E-state index in [2.05, 4.69) is 123 Å². The molecule has 6 rings (SSSR count). The Morgan fingerprint density at radius 2 is 1.38 bits per heavy atom. The van der Waals surface area contributed by atoms with Gasteiger partial charge in [-0.15, -0.1) is 0 Å². The van der Waals surface area contributed by atoms with Crippen molar-refractivity contribution in [3.63, 3.8) is 0 Å². The Bertz CT molecular complexity index is 1360. The molecule has 0 N–H and O–H groups in total. The number of benzene rings is 4. The van der Waals surface area contributed by atoms with Gasteiger partial charge in [-0.25, -0.2) is 0 Å². The zero-order valence-electron chi connectivity index (χ0n) is 19.6. The lowest BCUT2D eigenvalue weighted by molar-refractivity contribution is 0.590. The Labute approximate surface area is 191 Å². The number of anilines is 4. The van der Waals surface area contributed by atoms with Crippen molar-refractivity contribution in [2.75, 3.05) is 16.5 Å². The number of para-hydroxylation sites is 1. The van der Waals surface area contributed by atoms with Gasteiger partial charge in [-0.1, -0.05) is 83.1 Å². The summed E-state index contributed by atoms with van der Waals surface area (Å²) in [6, 6.07) is 29.5. The summed E-state index contributed by atoms with van der Waals surface area (Å²) < 4.78 is 0. The summed E-state index contributed by atoms with van der Waals surface area (Å²) in [7, 11) is 0. The van der Waals surface area contributed by atoms with Gasteiger partial charge in [0.25, 0.3) is 0 Å². The van der Waals surface area contributed by atoms with Crippen LogP contribution in [0.3, 0.4) is 0 Å². The first-order valence-corrected chi connectivity index (χ1v) is 11.6. The van der Waals surface area contributed by atoms with Crippen LogP contribution in [0.5, 0.6) is 0 Å². The molecule has 0 fully saturated rings. The second kappa shape index (κ2) is 6.38. The van der Waals surface area contributed by atoms with Gasteiger partial charge in [0.2, 0.25) is 0 Å². The maximum atomic E-state index is 2.52. The van der Waals surface area contributed by atoms with E-state index >= 15 is 0 Å². The van der Waals surface area contributed by atoms with Gasteiger partial charge in [-0.05, 0) is 63.2 Å². The molecule has 32 heavy (non-hydrogen) atoms. The zero-order chi connectivity index (χ0) is 22.3. The third-order valence-electron chi connectivity index (χ3n) is 7.40. The maximum absolute atomic E-state index is 2.52. The lowest BCUT2D eigenvalue weighted by Crippen LogP contribution is -2.32. The van der Waals surface area contributed by atoms with E-state index in [-0.39, 0.29) is 10.8 Å². The molecule has 0 aliphatic carbocycles. The summed E-state index contributed by atoms with van der Waals surface area (Å²) in [5.74, 6) is 0. The highest BCUT2D eigenvalue weighted by Gasteiger charge is 2.42. The lowest BCUT2D eigenvalue weighted by atomic mass is 9.73. The van der Waals surface area contributed by atoms with Gasteiger partial charge in [0, 0.05) is 16.8 Å². The number of fused-ring (bicyclic) bond motifs is 3. The quantitative estimate of drug-likeness (QED) is 0.309. The molecule has 0 radical (unpaired) electrons. The molecule has 4 aromatic carbocycles. The SMILES string of the molecule is CC(C)(C)c1ccc(N2CN3c4cc5ccccc5cc4C(C)(C)c4cccc2c43)cc1. The molecular formula is C30H30N2. The van der Waals surface area contributed by atoms with Crippen LogP contribution in [0.25, 0.3) is 10.8 Å². The van der Waals surface area contributed by atoms with Crippen molar-refractivity contribution in [2.24, 2.45) is 0 Å². The van der Waals surface area contributed by atoms with Gasteiger partial charge in [-0.3, -0.25) is 0 Å². The van der Waals surface area contributed by atoms with Crippen molar-refractivity contribution in [3.8, 4) is 0 Å². The number of hydrogen-bond donors (Lipinski definition) is 0. The van der Waals surface area contributed by atoms with Crippen molar-refractivity contribution in [2.45, 2.75) is 45.4 Å². The zero-order valence-corrected chi connectivity index (χ0v) is 19.6. The second-order valence-corrected chi connectivity index (χ2v) is 10.8. The molecule has 2 aliphatic heterocycles. The Kier molecular flexibility index (Phi) is 3.88. The van der Waals surface area contributed by atoms with Crippen LogP contribution in [0.2, 0.25) is 0 Å². The fraction of sp³-hybridized carbons (Fsp3) is 0.267. The molecule has 0 spiro atoms. The highest BCUT2D eigenvalue weighted by Crippen LogP contribution is 2.56. The topological polar surface area (TPSA) is 6.48 Å². The number of rotatable bonds is 1. The highest BCUT2D eigenvalue weighted by atomic mass is 15.4. The van der Waals surface area contributed by atoms with Gasteiger partial charge in [0.1, 0.15) is 6.67 Å². The highest BCUT2D eigenvalue weighted by molar-refractivity contribution is 5.97. The van der Waals surface area contributed by atoms with Gasteiger partial charge < -0.3 is 9.80 Å². The van der Waals surface area contributed by atoms with Crippen LogP contribution in [0.1, 0.15) is 51.3 Å². The van der Waals surface area contributed by atoms with E-state index < -0.39 is 0 Å². The molecule has 4 aromatic rings. The summed E-state index contributed by atoms with van der Waals surface area (Å²) in [5.41, 5.74) is 9.55. The molecule has 2 nitrogen and oxygen atoms in total. The van der Waals surface area contributed by atoms with Crippen LogP contribution in [-0.2, 0) is 10.8 Å². The van der Waals surface area contributed by atoms with Gasteiger partial charge >= 0.3 is 0 Å². The van der Waals surface area contributed by atoms with Gasteiger partial charge in [0.05, 0.1) is 11.4 Å². The fourth-order valence-electron chi connectivity index (χ4n) is 5.48. The van der Waals surface area contributed by atoms with Crippen LogP contribution in [0.15, 0.2) is 78.9 Å². The Morgan fingerprint density at radius 1 is 0.688 bits per heavy atom. The van der Waals surface area contributed by atoms with Crippen molar-refractivity contribution in [3.05, 3.63) is 95.6 Å². The van der Waals surface area contributed by atoms with Crippen LogP contribution in [0.4, 0.5) is 22.7 Å². The molecule has 0 atom stereocenters. The molecule has 0 saturated carbocycles. The van der Waals surface area contributed by atoms with E-state index in [1.54, 1.807) is 0 Å². The van der Waals surface area contributed by atoms with E-state index in [0.29, 0.717) is 0 Å². The Morgan fingerprint density at radius 3 is 2.06 bits per heavy atom. The molecule has 0 aromatic heterocycles. The maximum Gasteiger partial charge on any atom is 0.100 e. The van der Waals surface area contributed by atoms with Crippen LogP contribution >= 0.6 is 0 Å². The van der Waals surface area contributed by atoms with E-state index in [9.17, 15) is 0 Å². The minimum atomic E-state index is -0.0483. The molecule has 160 valence electrons. The normalized spacial score (nSPS) is 16.3. The average molecular weight is 419 g/mol. The third kappa shape index (κ3) is 2.65. The van der Waals surface area contributed by atoms with Gasteiger partial charge in [-0.2, -0.15) is 0 Å². The molecule has 0 saturated heterocycles. The average Bonchev–Trinajstić information content (AvgIpc) is 3.17. The molecular weight excluding hydrogens is 388 g/mol. The number of nitrogens with zero attached hydrogens (tertiary/aromatic N) is 2. The fourth-order valence-corrected chi connectivity index (χ4v) is 5.48. The molecule has 0 bridgehead atoms.